The van der Waals surface area contributed by atoms with Crippen LogP contribution in [0.3, 0.4) is 0 Å². The van der Waals surface area contributed by atoms with Crippen molar-refractivity contribution in [3.8, 4) is 0 Å². The minimum atomic E-state index is -4.40. The lowest BCUT2D eigenvalue weighted by Crippen LogP contribution is -2.07. The first-order valence-electron chi connectivity index (χ1n) is 4.41. The number of thioether (sulfide) groups is 1. The number of rotatable bonds is 3. The van der Waals surface area contributed by atoms with Gasteiger partial charge in [0.1, 0.15) is 5.38 Å². The van der Waals surface area contributed by atoms with E-state index >= 15 is 0 Å². The number of alkyl halides is 4. The maximum absolute atomic E-state index is 12.4. The maximum atomic E-state index is 12.4. The van der Waals surface area contributed by atoms with Crippen molar-refractivity contribution in [1.82, 2.24) is 0 Å². The number of hydrogen-bond donors (Lipinski definition) is 0. The van der Waals surface area contributed by atoms with E-state index in [-0.39, 0.29) is 28.0 Å². The molecule has 0 N–H and O–H groups in total. The van der Waals surface area contributed by atoms with Crippen LogP contribution in [0.5, 0.6) is 0 Å². The summed E-state index contributed by atoms with van der Waals surface area (Å²) >= 11 is 7.36. The molecule has 0 fully saturated rings. The van der Waals surface area contributed by atoms with Crippen LogP contribution in [0.1, 0.15) is 17.9 Å². The van der Waals surface area contributed by atoms with Crippen molar-refractivity contribution >= 4 is 51.7 Å². The van der Waals surface area contributed by atoms with Crippen LogP contribution in [-0.2, 0) is 4.79 Å². The lowest BCUT2D eigenvalue weighted by molar-refractivity contribution is -0.116. The molecule has 1 unspecified atom stereocenters. The van der Waals surface area contributed by atoms with E-state index in [2.05, 4.69) is 0 Å². The van der Waals surface area contributed by atoms with Crippen LogP contribution in [-0.4, -0.2) is 11.3 Å². The lowest BCUT2D eigenvalue weighted by Gasteiger charge is -2.15. The highest BCUT2D eigenvalue weighted by molar-refractivity contribution is 14.1. The molecule has 1 aromatic carbocycles. The van der Waals surface area contributed by atoms with E-state index in [1.807, 2.05) is 0 Å². The van der Waals surface area contributed by atoms with Crippen LogP contribution >= 0.6 is 46.0 Å². The van der Waals surface area contributed by atoms with Crippen LogP contribution < -0.4 is 0 Å². The highest BCUT2D eigenvalue weighted by Gasteiger charge is 2.33. The van der Waals surface area contributed by atoms with Crippen molar-refractivity contribution in [2.75, 3.05) is 0 Å². The normalized spacial score (nSPS) is 13.5. The maximum Gasteiger partial charge on any atom is 0.446 e. The zero-order valence-electron chi connectivity index (χ0n) is 8.52. The molecule has 0 aliphatic rings. The minimum absolute atomic E-state index is 0.00389. The molecule has 0 amide bonds. The Morgan fingerprint density at radius 3 is 2.53 bits per heavy atom. The smallest absolute Gasteiger partial charge is 0.298 e. The van der Waals surface area contributed by atoms with Crippen molar-refractivity contribution in [3.63, 3.8) is 0 Å². The van der Waals surface area contributed by atoms with Gasteiger partial charge in [-0.3, -0.25) is 4.79 Å². The average molecular weight is 395 g/mol. The van der Waals surface area contributed by atoms with Gasteiger partial charge in [-0.05, 0) is 52.9 Å². The zero-order valence-corrected chi connectivity index (χ0v) is 12.2. The van der Waals surface area contributed by atoms with Crippen LogP contribution in [0.15, 0.2) is 23.1 Å². The van der Waals surface area contributed by atoms with E-state index in [9.17, 15) is 18.0 Å². The van der Waals surface area contributed by atoms with Crippen LogP contribution in [0, 0.1) is 3.57 Å². The quantitative estimate of drug-likeness (QED) is 0.417. The summed E-state index contributed by atoms with van der Waals surface area (Å²) in [5, 5.41) is -1.05. The summed E-state index contributed by atoms with van der Waals surface area (Å²) in [7, 11) is 0. The largest absolute Gasteiger partial charge is 0.446 e. The van der Waals surface area contributed by atoms with E-state index in [1.54, 1.807) is 34.7 Å². The first kappa shape index (κ1) is 15.1. The number of carbonyl (C=O) groups excluding carboxylic acids is 1. The standard InChI is InChI=1S/C10H7ClF3IOS/c1-5(16)8(11)6-3-2-4-7(15)9(6)17-10(12,13)14/h2-4,8H,1H3. The van der Waals surface area contributed by atoms with Crippen LogP contribution in [0.4, 0.5) is 13.2 Å². The lowest BCUT2D eigenvalue weighted by atomic mass is 10.1. The highest BCUT2D eigenvalue weighted by Crippen LogP contribution is 2.43. The average Bonchev–Trinajstić information content (AvgIpc) is 2.18. The van der Waals surface area contributed by atoms with Crippen molar-refractivity contribution < 1.29 is 18.0 Å². The zero-order chi connectivity index (χ0) is 13.2. The molecule has 7 heteroatoms. The molecule has 1 nitrogen and oxygen atoms in total. The van der Waals surface area contributed by atoms with Gasteiger partial charge in [0.25, 0.3) is 0 Å². The molecule has 0 aliphatic heterocycles. The number of benzene rings is 1. The van der Waals surface area contributed by atoms with Gasteiger partial charge in [0.15, 0.2) is 5.78 Å². The Kier molecular flexibility index (Phi) is 5.15. The molecule has 0 radical (unpaired) electrons. The first-order valence-corrected chi connectivity index (χ1v) is 6.74. The van der Waals surface area contributed by atoms with E-state index in [4.69, 9.17) is 11.6 Å². The van der Waals surface area contributed by atoms with Crippen molar-refractivity contribution in [3.05, 3.63) is 27.3 Å². The third-order valence-corrected chi connectivity index (χ3v) is 4.54. The SMILES string of the molecule is CC(=O)C(Cl)c1cccc(I)c1SC(F)(F)F. The fraction of sp³-hybridized carbons (Fsp3) is 0.300. The Bertz CT molecular complexity index is 436. The van der Waals surface area contributed by atoms with Gasteiger partial charge in [-0.1, -0.05) is 12.1 Å². The van der Waals surface area contributed by atoms with Gasteiger partial charge in [0.05, 0.1) is 0 Å². The first-order chi connectivity index (χ1) is 7.72. The third-order valence-electron chi connectivity index (χ3n) is 1.85. The Morgan fingerprint density at radius 2 is 2.06 bits per heavy atom. The molecule has 0 saturated carbocycles. The Balaban J connectivity index is 3.22. The third kappa shape index (κ3) is 4.33. The van der Waals surface area contributed by atoms with Gasteiger partial charge >= 0.3 is 5.51 Å². The summed E-state index contributed by atoms with van der Waals surface area (Å²) in [6.07, 6.45) is 0. The van der Waals surface area contributed by atoms with Crippen LogP contribution in [0.2, 0.25) is 0 Å². The summed E-state index contributed by atoms with van der Waals surface area (Å²) < 4.78 is 37.6. The molecule has 94 valence electrons. The predicted octanol–water partition coefficient (Wildman–Crippen LogP) is 4.77. The number of Topliss-reactive ketones (excluding diaryl/α,β-unsaturated/α-hetero) is 1. The highest BCUT2D eigenvalue weighted by atomic mass is 127. The van der Waals surface area contributed by atoms with Gasteiger partial charge < -0.3 is 0 Å². The molecule has 0 spiro atoms. The number of hydrogen-bond acceptors (Lipinski definition) is 2. The van der Waals surface area contributed by atoms with Gasteiger partial charge in [-0.25, -0.2) is 0 Å². The molecule has 0 aromatic heterocycles. The molecule has 0 heterocycles. The Morgan fingerprint density at radius 1 is 1.47 bits per heavy atom. The van der Waals surface area contributed by atoms with E-state index < -0.39 is 10.9 Å². The number of ketones is 1. The van der Waals surface area contributed by atoms with Crippen molar-refractivity contribution in [2.24, 2.45) is 0 Å². The molecule has 1 aromatic rings. The van der Waals surface area contributed by atoms with E-state index in [1.165, 1.54) is 13.0 Å². The van der Waals surface area contributed by atoms with Crippen molar-refractivity contribution in [2.45, 2.75) is 22.7 Å². The molecule has 0 saturated heterocycles. The van der Waals surface area contributed by atoms with Gasteiger partial charge in [0, 0.05) is 8.47 Å². The monoisotopic (exact) mass is 394 g/mol. The Labute approximate surface area is 119 Å². The molecule has 1 atom stereocenters. The summed E-state index contributed by atoms with van der Waals surface area (Å²) in [6, 6.07) is 4.56. The van der Waals surface area contributed by atoms with Crippen LogP contribution in [0.25, 0.3) is 0 Å². The molecular weight excluding hydrogens is 388 g/mol. The van der Waals surface area contributed by atoms with Crippen molar-refractivity contribution in [1.29, 1.82) is 0 Å². The second kappa shape index (κ2) is 5.79. The van der Waals surface area contributed by atoms with Gasteiger partial charge in [0.2, 0.25) is 0 Å². The molecule has 17 heavy (non-hydrogen) atoms. The van der Waals surface area contributed by atoms with Gasteiger partial charge in [-0.15, -0.1) is 11.6 Å². The van der Waals surface area contributed by atoms with E-state index in [0.29, 0.717) is 3.57 Å². The van der Waals surface area contributed by atoms with Gasteiger partial charge in [-0.2, -0.15) is 13.2 Å². The topological polar surface area (TPSA) is 17.1 Å². The second-order valence-corrected chi connectivity index (χ2v) is 5.85. The summed E-state index contributed by atoms with van der Waals surface area (Å²) in [6.45, 7) is 1.25. The summed E-state index contributed by atoms with van der Waals surface area (Å²) in [5.41, 5.74) is -4.20. The second-order valence-electron chi connectivity index (χ2n) is 3.18. The minimum Gasteiger partial charge on any atom is -0.298 e. The molecular formula is C10H7ClF3IOS. The number of carbonyl (C=O) groups is 1. The fourth-order valence-electron chi connectivity index (χ4n) is 1.17. The molecule has 1 rings (SSSR count). The fourth-order valence-corrected chi connectivity index (χ4v) is 2.96. The van der Waals surface area contributed by atoms with E-state index in [0.717, 1.165) is 0 Å². The summed E-state index contributed by atoms with van der Waals surface area (Å²) in [4.78, 5) is 11.1. The predicted molar refractivity (Wildman–Crippen MR) is 70.3 cm³/mol. The molecule has 0 aliphatic carbocycles. The summed E-state index contributed by atoms with van der Waals surface area (Å²) in [5.74, 6) is -0.377. The molecule has 0 bridgehead atoms. The number of halogens is 5. The Hall–Kier alpha value is 0.0500.